The number of rotatable bonds is 3. The van der Waals surface area contributed by atoms with E-state index in [9.17, 15) is 20.0 Å². The lowest BCUT2D eigenvalue weighted by Gasteiger charge is -2.57. The van der Waals surface area contributed by atoms with Crippen LogP contribution in [0.3, 0.4) is 0 Å². The number of nitro benzene ring substituents is 1. The smallest absolute Gasteiger partial charge is 0.359 e. The Morgan fingerprint density at radius 1 is 1.41 bits per heavy atom. The second-order valence-electron chi connectivity index (χ2n) is 8.65. The van der Waals surface area contributed by atoms with Gasteiger partial charge >= 0.3 is 5.97 Å². The SMILES string of the molecule is CCC12CCCN3CCc4c(n(c5cc([N+](=O)[O-])ccc45)C(O)(C(=O)OC)C1)C32. The Hall–Kier alpha value is -2.45. The molecule has 2 aromatic rings. The minimum Gasteiger partial charge on any atom is -0.465 e. The van der Waals surface area contributed by atoms with Gasteiger partial charge in [-0.25, -0.2) is 4.79 Å². The molecule has 1 aromatic carbocycles. The minimum atomic E-state index is -1.87. The fraction of sp³-hybridized carbons (Fsp3) is 0.571. The average Bonchev–Trinajstić information content (AvgIpc) is 3.07. The van der Waals surface area contributed by atoms with Crippen molar-refractivity contribution in [2.45, 2.75) is 50.8 Å². The van der Waals surface area contributed by atoms with E-state index in [0.717, 1.165) is 55.4 Å². The van der Waals surface area contributed by atoms with Crippen molar-refractivity contribution < 1.29 is 19.6 Å². The zero-order chi connectivity index (χ0) is 20.6. The number of fused-ring (bicyclic) bond motifs is 3. The summed E-state index contributed by atoms with van der Waals surface area (Å²) in [6, 6.07) is 4.84. The Balaban J connectivity index is 1.90. The number of esters is 1. The van der Waals surface area contributed by atoms with Crippen LogP contribution in [0, 0.1) is 15.5 Å². The van der Waals surface area contributed by atoms with Gasteiger partial charge in [-0.2, -0.15) is 0 Å². The van der Waals surface area contributed by atoms with Gasteiger partial charge in [0.15, 0.2) is 0 Å². The Labute approximate surface area is 168 Å². The fourth-order valence-electron chi connectivity index (χ4n) is 6.25. The number of aromatic nitrogens is 1. The lowest BCUT2D eigenvalue weighted by molar-refractivity contribution is -0.384. The van der Waals surface area contributed by atoms with Gasteiger partial charge in [0.05, 0.1) is 23.6 Å². The first kappa shape index (κ1) is 18.6. The zero-order valence-corrected chi connectivity index (χ0v) is 16.7. The first-order valence-electron chi connectivity index (χ1n) is 10.2. The topological polar surface area (TPSA) is 97.8 Å². The number of carbonyl (C=O) groups is 1. The van der Waals surface area contributed by atoms with Crippen LogP contribution in [0.15, 0.2) is 18.2 Å². The Morgan fingerprint density at radius 3 is 2.90 bits per heavy atom. The van der Waals surface area contributed by atoms with Crippen LogP contribution in [0.2, 0.25) is 0 Å². The monoisotopic (exact) mass is 399 g/mol. The second-order valence-corrected chi connectivity index (χ2v) is 8.65. The van der Waals surface area contributed by atoms with Crippen molar-refractivity contribution in [3.63, 3.8) is 0 Å². The highest BCUT2D eigenvalue weighted by atomic mass is 16.6. The molecule has 3 unspecified atom stereocenters. The number of ether oxygens (including phenoxy) is 1. The third kappa shape index (κ3) is 2.24. The van der Waals surface area contributed by atoms with Crippen molar-refractivity contribution in [3.8, 4) is 0 Å². The number of non-ortho nitro benzene ring substituents is 1. The minimum absolute atomic E-state index is 0.0522. The summed E-state index contributed by atoms with van der Waals surface area (Å²) in [7, 11) is 1.28. The van der Waals surface area contributed by atoms with Crippen LogP contribution in [0.1, 0.15) is 49.9 Å². The second kappa shape index (κ2) is 6.03. The third-order valence-corrected chi connectivity index (χ3v) is 7.47. The van der Waals surface area contributed by atoms with Crippen molar-refractivity contribution in [2.75, 3.05) is 20.2 Å². The maximum atomic E-state index is 12.9. The molecule has 0 amide bonds. The highest BCUT2D eigenvalue weighted by Crippen LogP contribution is 2.60. The van der Waals surface area contributed by atoms with E-state index in [1.165, 1.54) is 19.2 Å². The van der Waals surface area contributed by atoms with E-state index in [-0.39, 0.29) is 23.6 Å². The average molecular weight is 399 g/mol. The van der Waals surface area contributed by atoms with Gasteiger partial charge in [-0.15, -0.1) is 0 Å². The van der Waals surface area contributed by atoms with Crippen LogP contribution >= 0.6 is 0 Å². The summed E-state index contributed by atoms with van der Waals surface area (Å²) < 4.78 is 6.70. The van der Waals surface area contributed by atoms with Crippen molar-refractivity contribution in [3.05, 3.63) is 39.6 Å². The molecule has 29 heavy (non-hydrogen) atoms. The molecule has 1 saturated heterocycles. The third-order valence-electron chi connectivity index (χ3n) is 7.47. The Bertz CT molecular complexity index is 1050. The van der Waals surface area contributed by atoms with E-state index >= 15 is 0 Å². The van der Waals surface area contributed by atoms with Gasteiger partial charge in [0.2, 0.25) is 5.72 Å². The highest BCUT2D eigenvalue weighted by Gasteiger charge is 2.60. The van der Waals surface area contributed by atoms with E-state index in [4.69, 9.17) is 4.74 Å². The Kier molecular flexibility index (Phi) is 3.86. The maximum absolute atomic E-state index is 12.9. The van der Waals surface area contributed by atoms with Crippen molar-refractivity contribution in [1.29, 1.82) is 0 Å². The lowest BCUT2D eigenvalue weighted by Crippen LogP contribution is -2.60. The van der Waals surface area contributed by atoms with E-state index in [0.29, 0.717) is 5.52 Å². The molecule has 3 aliphatic heterocycles. The quantitative estimate of drug-likeness (QED) is 0.484. The molecule has 5 rings (SSSR count). The highest BCUT2D eigenvalue weighted by molar-refractivity contribution is 5.91. The molecular formula is C21H25N3O5. The van der Waals surface area contributed by atoms with Gasteiger partial charge in [-0.3, -0.25) is 15.0 Å². The summed E-state index contributed by atoms with van der Waals surface area (Å²) in [4.78, 5) is 26.3. The van der Waals surface area contributed by atoms with E-state index in [1.807, 2.05) is 0 Å². The van der Waals surface area contributed by atoms with Crippen LogP contribution in [-0.4, -0.2) is 45.7 Å². The summed E-state index contributed by atoms with van der Waals surface area (Å²) in [6.07, 6.45) is 3.86. The molecule has 3 aliphatic rings. The van der Waals surface area contributed by atoms with Crippen LogP contribution in [0.25, 0.3) is 10.9 Å². The van der Waals surface area contributed by atoms with Crippen LogP contribution in [0.4, 0.5) is 5.69 Å². The predicted octanol–water partition coefficient (Wildman–Crippen LogP) is 2.86. The van der Waals surface area contributed by atoms with Crippen LogP contribution in [-0.2, 0) is 21.7 Å². The maximum Gasteiger partial charge on any atom is 0.359 e. The summed E-state index contributed by atoms with van der Waals surface area (Å²) in [5.74, 6) is -0.710. The summed E-state index contributed by atoms with van der Waals surface area (Å²) in [6.45, 7) is 4.04. The molecular weight excluding hydrogens is 374 g/mol. The first-order valence-corrected chi connectivity index (χ1v) is 10.2. The van der Waals surface area contributed by atoms with E-state index in [2.05, 4.69) is 11.8 Å². The zero-order valence-electron chi connectivity index (χ0n) is 16.7. The summed E-state index contributed by atoms with van der Waals surface area (Å²) in [5, 5.41) is 24.1. The number of methoxy groups -OCH3 is 1. The van der Waals surface area contributed by atoms with Crippen molar-refractivity contribution in [1.82, 2.24) is 9.47 Å². The van der Waals surface area contributed by atoms with Gasteiger partial charge in [0.25, 0.3) is 5.69 Å². The number of hydrogen-bond donors (Lipinski definition) is 1. The fourth-order valence-corrected chi connectivity index (χ4v) is 6.25. The largest absolute Gasteiger partial charge is 0.465 e. The summed E-state index contributed by atoms with van der Waals surface area (Å²) >= 11 is 0. The molecule has 0 radical (unpaired) electrons. The number of nitro groups is 1. The number of nitrogens with zero attached hydrogens (tertiary/aromatic N) is 3. The molecule has 0 bridgehead atoms. The molecule has 8 nitrogen and oxygen atoms in total. The van der Waals surface area contributed by atoms with Gasteiger partial charge in [-0.1, -0.05) is 6.92 Å². The number of carbonyl (C=O) groups excluding carboxylic acids is 1. The van der Waals surface area contributed by atoms with Gasteiger partial charge in [-0.05, 0) is 49.3 Å². The first-order chi connectivity index (χ1) is 13.9. The molecule has 3 atom stereocenters. The van der Waals surface area contributed by atoms with Gasteiger partial charge < -0.3 is 14.4 Å². The molecule has 154 valence electrons. The number of hydrogen-bond acceptors (Lipinski definition) is 6. The lowest BCUT2D eigenvalue weighted by atomic mass is 9.62. The molecule has 0 aliphatic carbocycles. The van der Waals surface area contributed by atoms with Crippen molar-refractivity contribution in [2.24, 2.45) is 5.41 Å². The van der Waals surface area contributed by atoms with E-state index < -0.39 is 16.6 Å². The van der Waals surface area contributed by atoms with Gasteiger partial charge in [0.1, 0.15) is 0 Å². The number of piperidine rings is 1. The standard InChI is InChI=1S/C21H25N3O5/c1-3-20-8-4-9-22-10-7-15-14-6-5-13(24(27)28)11-16(14)23(17(15)18(20)22)21(26,12-20)19(25)29-2/h5-6,11,18,26H,3-4,7-10,12H2,1-2H3. The molecule has 1 N–H and O–H groups in total. The summed E-state index contributed by atoms with van der Waals surface area (Å²) in [5.41, 5.74) is 0.415. The molecule has 8 heteroatoms. The predicted molar refractivity (Wildman–Crippen MR) is 105 cm³/mol. The number of benzene rings is 1. The number of aliphatic hydroxyl groups is 1. The molecule has 4 heterocycles. The Morgan fingerprint density at radius 2 is 2.21 bits per heavy atom. The molecule has 0 spiro atoms. The van der Waals surface area contributed by atoms with E-state index in [1.54, 1.807) is 10.6 Å². The molecule has 1 aromatic heterocycles. The van der Waals surface area contributed by atoms with Crippen molar-refractivity contribution >= 4 is 22.6 Å². The molecule has 1 fully saturated rings. The van der Waals surface area contributed by atoms with Gasteiger partial charge in [0, 0.05) is 36.2 Å². The van der Waals surface area contributed by atoms with Crippen LogP contribution < -0.4 is 0 Å². The van der Waals surface area contributed by atoms with Crippen LogP contribution in [0.5, 0.6) is 0 Å². The molecule has 0 saturated carbocycles. The normalized spacial score (nSPS) is 30.8.